The minimum absolute atomic E-state index is 0.102. The highest BCUT2D eigenvalue weighted by Gasteiger charge is 2.34. The second-order valence-corrected chi connectivity index (χ2v) is 7.61. The predicted molar refractivity (Wildman–Crippen MR) is 103 cm³/mol. The van der Waals surface area contributed by atoms with Gasteiger partial charge in [-0.15, -0.1) is 0 Å². The zero-order valence-electron chi connectivity index (χ0n) is 15.7. The standard InChI is InChI=1S/C21H20ClF3N2O/c1-20(2,3)10-8-14-12-17(22)18(27-13-14)9-11-26-19(28)15-6-4-5-7-16(15)21(23,24)25/h4-7,12-13H,9,11H2,1-3H3,(H,26,28). The first-order chi connectivity index (χ1) is 13.0. The van der Waals surface area contributed by atoms with Gasteiger partial charge in [0.2, 0.25) is 0 Å². The SMILES string of the molecule is CC(C)(C)C#Cc1cnc(CCNC(=O)c2ccccc2C(F)(F)F)c(Cl)c1. The highest BCUT2D eigenvalue weighted by molar-refractivity contribution is 6.31. The average molecular weight is 409 g/mol. The number of hydrogen-bond donors (Lipinski definition) is 1. The molecule has 3 nitrogen and oxygen atoms in total. The van der Waals surface area contributed by atoms with Crippen molar-refractivity contribution in [1.29, 1.82) is 0 Å². The number of carbonyl (C=O) groups is 1. The van der Waals surface area contributed by atoms with Crippen LogP contribution in [0.25, 0.3) is 0 Å². The molecule has 0 aliphatic carbocycles. The lowest BCUT2D eigenvalue weighted by molar-refractivity contribution is -0.137. The van der Waals surface area contributed by atoms with E-state index in [1.54, 1.807) is 12.3 Å². The number of aromatic nitrogens is 1. The molecule has 1 N–H and O–H groups in total. The van der Waals surface area contributed by atoms with E-state index in [1.165, 1.54) is 12.1 Å². The quantitative estimate of drug-likeness (QED) is 0.713. The Morgan fingerprint density at radius 3 is 2.50 bits per heavy atom. The summed E-state index contributed by atoms with van der Waals surface area (Å²) in [7, 11) is 0. The summed E-state index contributed by atoms with van der Waals surface area (Å²) >= 11 is 6.21. The van der Waals surface area contributed by atoms with Crippen LogP contribution in [-0.2, 0) is 12.6 Å². The van der Waals surface area contributed by atoms with Gasteiger partial charge in [0.05, 0.1) is 21.8 Å². The summed E-state index contributed by atoms with van der Waals surface area (Å²) in [6.45, 7) is 6.07. The van der Waals surface area contributed by atoms with Gasteiger partial charge < -0.3 is 5.32 Å². The zero-order valence-corrected chi connectivity index (χ0v) is 16.5. The van der Waals surface area contributed by atoms with Crippen LogP contribution in [0.2, 0.25) is 5.02 Å². The average Bonchev–Trinajstić information content (AvgIpc) is 2.60. The number of halogens is 4. The molecule has 1 heterocycles. The van der Waals surface area contributed by atoms with Crippen molar-refractivity contribution in [2.24, 2.45) is 5.41 Å². The molecule has 2 aromatic rings. The Balaban J connectivity index is 2.02. The number of nitrogens with one attached hydrogen (secondary N) is 1. The molecule has 0 saturated heterocycles. The molecule has 0 aliphatic rings. The van der Waals surface area contributed by atoms with E-state index < -0.39 is 23.2 Å². The molecule has 148 valence electrons. The number of rotatable bonds is 4. The molecule has 0 aliphatic heterocycles. The Morgan fingerprint density at radius 1 is 1.21 bits per heavy atom. The maximum atomic E-state index is 13.0. The molecule has 28 heavy (non-hydrogen) atoms. The number of benzene rings is 1. The van der Waals surface area contributed by atoms with Crippen LogP contribution in [0, 0.1) is 17.3 Å². The second kappa shape index (κ2) is 8.66. The van der Waals surface area contributed by atoms with Crippen molar-refractivity contribution in [3.63, 3.8) is 0 Å². The summed E-state index contributed by atoms with van der Waals surface area (Å²) in [6.07, 6.45) is -2.73. The third-order valence-electron chi connectivity index (χ3n) is 3.62. The van der Waals surface area contributed by atoms with Crippen molar-refractivity contribution in [3.05, 3.63) is 63.9 Å². The van der Waals surface area contributed by atoms with Gasteiger partial charge in [0.15, 0.2) is 0 Å². The van der Waals surface area contributed by atoms with Crippen LogP contribution in [0.1, 0.15) is 48.0 Å². The Labute approximate surface area is 167 Å². The van der Waals surface area contributed by atoms with Gasteiger partial charge in [-0.2, -0.15) is 13.2 Å². The van der Waals surface area contributed by atoms with Crippen LogP contribution in [0.4, 0.5) is 13.2 Å². The monoisotopic (exact) mass is 408 g/mol. The number of alkyl halides is 3. The lowest BCUT2D eigenvalue weighted by Gasteiger charge is -2.12. The Morgan fingerprint density at radius 2 is 1.89 bits per heavy atom. The number of nitrogens with zero attached hydrogens (tertiary/aromatic N) is 1. The molecule has 0 spiro atoms. The van der Waals surface area contributed by atoms with Gasteiger partial charge in [-0.1, -0.05) is 35.6 Å². The predicted octanol–water partition coefficient (Wildman–Crippen LogP) is 5.12. The fourth-order valence-corrected chi connectivity index (χ4v) is 2.56. The summed E-state index contributed by atoms with van der Waals surface area (Å²) in [4.78, 5) is 16.4. The van der Waals surface area contributed by atoms with Crippen LogP contribution in [0.15, 0.2) is 36.5 Å². The van der Waals surface area contributed by atoms with Crippen molar-refractivity contribution in [3.8, 4) is 11.8 Å². The van der Waals surface area contributed by atoms with E-state index in [1.807, 2.05) is 20.8 Å². The Bertz CT molecular complexity index is 922. The van der Waals surface area contributed by atoms with E-state index in [-0.39, 0.29) is 18.4 Å². The van der Waals surface area contributed by atoms with Crippen LogP contribution in [0.3, 0.4) is 0 Å². The fourth-order valence-electron chi connectivity index (χ4n) is 2.30. The molecule has 1 amide bonds. The van der Waals surface area contributed by atoms with Gasteiger partial charge >= 0.3 is 6.18 Å². The van der Waals surface area contributed by atoms with E-state index in [4.69, 9.17) is 11.6 Å². The number of pyridine rings is 1. The highest BCUT2D eigenvalue weighted by Crippen LogP contribution is 2.31. The number of amides is 1. The zero-order chi connectivity index (χ0) is 20.9. The molecule has 0 unspecified atom stereocenters. The van der Waals surface area contributed by atoms with Gasteiger partial charge in [-0.05, 0) is 39.0 Å². The third kappa shape index (κ3) is 6.28. The lowest BCUT2D eigenvalue weighted by Crippen LogP contribution is -2.28. The lowest BCUT2D eigenvalue weighted by atomic mass is 9.97. The van der Waals surface area contributed by atoms with Crippen LogP contribution >= 0.6 is 11.6 Å². The topological polar surface area (TPSA) is 42.0 Å². The molecule has 1 aromatic heterocycles. The Kier molecular flexibility index (Phi) is 6.73. The van der Waals surface area contributed by atoms with Crippen molar-refractivity contribution in [2.45, 2.75) is 33.4 Å². The maximum absolute atomic E-state index is 13.0. The van der Waals surface area contributed by atoms with Crippen molar-refractivity contribution in [2.75, 3.05) is 6.54 Å². The van der Waals surface area contributed by atoms with Gasteiger partial charge in [-0.3, -0.25) is 9.78 Å². The summed E-state index contributed by atoms with van der Waals surface area (Å²) in [5, 5.41) is 2.88. The summed E-state index contributed by atoms with van der Waals surface area (Å²) < 4.78 is 39.0. The van der Waals surface area contributed by atoms with Gasteiger partial charge in [-0.25, -0.2) is 0 Å². The first kappa shape index (κ1) is 21.8. The van der Waals surface area contributed by atoms with Crippen molar-refractivity contribution >= 4 is 17.5 Å². The largest absolute Gasteiger partial charge is 0.417 e. The molecule has 0 saturated carbocycles. The first-order valence-electron chi connectivity index (χ1n) is 8.59. The molecule has 0 radical (unpaired) electrons. The first-order valence-corrected chi connectivity index (χ1v) is 8.97. The smallest absolute Gasteiger partial charge is 0.352 e. The molecule has 0 atom stereocenters. The van der Waals surface area contributed by atoms with E-state index in [0.717, 1.165) is 12.1 Å². The van der Waals surface area contributed by atoms with E-state index in [0.29, 0.717) is 16.3 Å². The molecule has 0 bridgehead atoms. The molecule has 1 aromatic carbocycles. The van der Waals surface area contributed by atoms with Crippen molar-refractivity contribution in [1.82, 2.24) is 10.3 Å². The summed E-state index contributed by atoms with van der Waals surface area (Å²) in [6, 6.07) is 6.34. The summed E-state index contributed by atoms with van der Waals surface area (Å²) in [5.74, 6) is 5.28. The van der Waals surface area contributed by atoms with Crippen LogP contribution in [0.5, 0.6) is 0 Å². The summed E-state index contributed by atoms with van der Waals surface area (Å²) in [5.41, 5.74) is -0.325. The minimum atomic E-state index is -4.59. The normalized spacial score (nSPS) is 11.5. The van der Waals surface area contributed by atoms with Gasteiger partial charge in [0.1, 0.15) is 0 Å². The van der Waals surface area contributed by atoms with Crippen LogP contribution < -0.4 is 5.32 Å². The third-order valence-corrected chi connectivity index (χ3v) is 3.95. The van der Waals surface area contributed by atoms with Gasteiger partial charge in [0, 0.05) is 30.1 Å². The molecular weight excluding hydrogens is 389 g/mol. The molecule has 0 fully saturated rings. The number of carbonyl (C=O) groups excluding carboxylic acids is 1. The number of hydrogen-bond acceptors (Lipinski definition) is 2. The van der Waals surface area contributed by atoms with Crippen molar-refractivity contribution < 1.29 is 18.0 Å². The molecule has 2 rings (SSSR count). The van der Waals surface area contributed by atoms with E-state index in [9.17, 15) is 18.0 Å². The highest BCUT2D eigenvalue weighted by atomic mass is 35.5. The second-order valence-electron chi connectivity index (χ2n) is 7.20. The van der Waals surface area contributed by atoms with E-state index in [2.05, 4.69) is 22.1 Å². The minimum Gasteiger partial charge on any atom is -0.352 e. The Hall–Kier alpha value is -2.52. The fraction of sp³-hybridized carbons (Fsp3) is 0.333. The molecule has 7 heteroatoms. The maximum Gasteiger partial charge on any atom is 0.417 e. The molecular formula is C21H20ClF3N2O. The van der Waals surface area contributed by atoms with E-state index >= 15 is 0 Å². The van der Waals surface area contributed by atoms with Gasteiger partial charge in [0.25, 0.3) is 5.91 Å². The van der Waals surface area contributed by atoms with Crippen LogP contribution in [-0.4, -0.2) is 17.4 Å².